The van der Waals surface area contributed by atoms with E-state index < -0.39 is 11.4 Å². The Kier molecular flexibility index (Phi) is 2.68. The molecule has 0 aliphatic carbocycles. The zero-order valence-corrected chi connectivity index (χ0v) is 10.1. The Balaban J connectivity index is 2.40. The molecule has 0 atom stereocenters. The van der Waals surface area contributed by atoms with Crippen LogP contribution in [-0.2, 0) is 0 Å². The average molecular weight is 272 g/mol. The van der Waals surface area contributed by atoms with E-state index in [-0.39, 0.29) is 22.5 Å². The number of benzene rings is 2. The molecule has 0 aliphatic heterocycles. The minimum absolute atomic E-state index is 0.0642. The Morgan fingerprint density at radius 3 is 2.40 bits per heavy atom. The van der Waals surface area contributed by atoms with Crippen molar-refractivity contribution in [2.75, 3.05) is 0 Å². The first-order valence-electron chi connectivity index (χ1n) is 5.80. The first kappa shape index (κ1) is 12.2. The van der Waals surface area contributed by atoms with Gasteiger partial charge in [-0.15, -0.1) is 0 Å². The molecule has 0 bridgehead atoms. The van der Waals surface area contributed by atoms with Crippen LogP contribution in [0.2, 0.25) is 0 Å². The Morgan fingerprint density at radius 1 is 1.00 bits per heavy atom. The molecule has 1 heterocycles. The summed E-state index contributed by atoms with van der Waals surface area (Å²) in [6, 6.07) is 9.11. The highest BCUT2D eigenvalue weighted by Gasteiger charge is 2.13. The third-order valence-corrected chi connectivity index (χ3v) is 2.96. The molecule has 0 amide bonds. The van der Waals surface area contributed by atoms with Crippen molar-refractivity contribution in [3.63, 3.8) is 0 Å². The molecule has 0 saturated heterocycles. The van der Waals surface area contributed by atoms with Crippen molar-refractivity contribution in [2.24, 2.45) is 0 Å². The predicted molar refractivity (Wildman–Crippen MR) is 71.2 cm³/mol. The van der Waals surface area contributed by atoms with Gasteiger partial charge in [0.1, 0.15) is 22.9 Å². The van der Waals surface area contributed by atoms with Crippen molar-refractivity contribution >= 4 is 11.0 Å². The predicted octanol–water partition coefficient (Wildman–Crippen LogP) is 3.01. The van der Waals surface area contributed by atoms with E-state index >= 15 is 0 Å². The summed E-state index contributed by atoms with van der Waals surface area (Å²) in [5.74, 6) is -0.833. The molecule has 5 heteroatoms. The molecular weight excluding hydrogens is 263 g/mol. The zero-order chi connectivity index (χ0) is 14.3. The van der Waals surface area contributed by atoms with Gasteiger partial charge < -0.3 is 14.6 Å². The molecule has 0 unspecified atom stereocenters. The van der Waals surface area contributed by atoms with Gasteiger partial charge >= 0.3 is 5.63 Å². The summed E-state index contributed by atoms with van der Waals surface area (Å²) in [5.41, 5.74) is 0.412. The minimum atomic E-state index is -0.623. The normalized spacial score (nSPS) is 10.8. The quantitative estimate of drug-likeness (QED) is 0.668. The minimum Gasteiger partial charge on any atom is -0.508 e. The van der Waals surface area contributed by atoms with Crippen LogP contribution in [-0.4, -0.2) is 10.2 Å². The lowest BCUT2D eigenvalue weighted by molar-refractivity contribution is 0.451. The fourth-order valence-corrected chi connectivity index (χ4v) is 2.12. The van der Waals surface area contributed by atoms with Crippen LogP contribution >= 0.6 is 0 Å². The van der Waals surface area contributed by atoms with Gasteiger partial charge in [-0.2, -0.15) is 0 Å². The maximum absolute atomic E-state index is 13.0. The van der Waals surface area contributed by atoms with Gasteiger partial charge in [-0.25, -0.2) is 9.18 Å². The van der Waals surface area contributed by atoms with Crippen molar-refractivity contribution in [2.45, 2.75) is 0 Å². The topological polar surface area (TPSA) is 70.7 Å². The summed E-state index contributed by atoms with van der Waals surface area (Å²) in [6.07, 6.45) is 0. The molecule has 4 nitrogen and oxygen atoms in total. The summed E-state index contributed by atoms with van der Waals surface area (Å²) in [5, 5.41) is 19.7. The molecule has 0 spiro atoms. The number of halogens is 1. The molecule has 3 rings (SSSR count). The van der Waals surface area contributed by atoms with E-state index in [2.05, 4.69) is 0 Å². The highest BCUT2D eigenvalue weighted by Crippen LogP contribution is 2.36. The first-order valence-corrected chi connectivity index (χ1v) is 5.80. The van der Waals surface area contributed by atoms with Crippen molar-refractivity contribution in [3.05, 3.63) is 58.7 Å². The molecule has 0 aliphatic rings. The maximum Gasteiger partial charge on any atom is 0.336 e. The number of fused-ring (bicyclic) bond motifs is 1. The van der Waals surface area contributed by atoms with E-state index in [0.717, 1.165) is 6.07 Å². The zero-order valence-electron chi connectivity index (χ0n) is 10.1. The molecule has 1 aromatic heterocycles. The van der Waals surface area contributed by atoms with Crippen LogP contribution in [0.25, 0.3) is 22.1 Å². The van der Waals surface area contributed by atoms with Crippen molar-refractivity contribution < 1.29 is 19.0 Å². The van der Waals surface area contributed by atoms with E-state index in [1.165, 1.54) is 36.4 Å². The van der Waals surface area contributed by atoms with Gasteiger partial charge in [0.15, 0.2) is 0 Å². The number of phenolic OH excluding ortho intramolecular Hbond substituents is 2. The molecule has 20 heavy (non-hydrogen) atoms. The van der Waals surface area contributed by atoms with E-state index in [9.17, 15) is 19.4 Å². The molecular formula is C15H9FO4. The lowest BCUT2D eigenvalue weighted by Crippen LogP contribution is -1.98. The van der Waals surface area contributed by atoms with Crippen LogP contribution in [0.15, 0.2) is 51.7 Å². The lowest BCUT2D eigenvalue weighted by Gasteiger charge is -2.08. The van der Waals surface area contributed by atoms with Gasteiger partial charge in [0.2, 0.25) is 0 Å². The Labute approximate surface area is 112 Å². The smallest absolute Gasteiger partial charge is 0.336 e. The monoisotopic (exact) mass is 272 g/mol. The number of phenols is 2. The third-order valence-electron chi connectivity index (χ3n) is 2.96. The summed E-state index contributed by atoms with van der Waals surface area (Å²) < 4.78 is 17.9. The third kappa shape index (κ3) is 1.99. The molecule has 2 N–H and O–H groups in total. The van der Waals surface area contributed by atoms with Crippen molar-refractivity contribution in [3.8, 4) is 22.6 Å². The number of rotatable bonds is 1. The molecule has 3 aromatic rings. The standard InChI is InChI=1S/C15H9FO4/c16-9-3-1-8(2-4-9)11-7-14(19)20-13-6-10(17)5-12(18)15(11)13/h1-7,17-18H. The van der Waals surface area contributed by atoms with Crippen LogP contribution in [0.3, 0.4) is 0 Å². The molecule has 0 radical (unpaired) electrons. The molecule has 100 valence electrons. The van der Waals surface area contributed by atoms with Gasteiger partial charge in [-0.05, 0) is 17.7 Å². The maximum atomic E-state index is 13.0. The van der Waals surface area contributed by atoms with Gasteiger partial charge in [-0.1, -0.05) is 12.1 Å². The van der Waals surface area contributed by atoms with Crippen molar-refractivity contribution in [1.29, 1.82) is 0 Å². The lowest BCUT2D eigenvalue weighted by atomic mass is 10.0. The second-order valence-electron chi connectivity index (χ2n) is 4.32. The summed E-state index contributed by atoms with van der Waals surface area (Å²) in [6.45, 7) is 0. The van der Waals surface area contributed by atoms with Gasteiger partial charge in [0.25, 0.3) is 0 Å². The second kappa shape index (κ2) is 4.38. The molecule has 2 aromatic carbocycles. The van der Waals surface area contributed by atoms with E-state index in [1.807, 2.05) is 0 Å². The van der Waals surface area contributed by atoms with Crippen molar-refractivity contribution in [1.82, 2.24) is 0 Å². The number of aromatic hydroxyl groups is 2. The van der Waals surface area contributed by atoms with Crippen LogP contribution in [0.5, 0.6) is 11.5 Å². The van der Waals surface area contributed by atoms with Gasteiger partial charge in [0.05, 0.1) is 5.39 Å². The second-order valence-corrected chi connectivity index (χ2v) is 4.32. The summed E-state index contributed by atoms with van der Waals surface area (Å²) in [4.78, 5) is 11.6. The number of hydrogen-bond donors (Lipinski definition) is 2. The Hall–Kier alpha value is -2.82. The average Bonchev–Trinajstić information content (AvgIpc) is 2.37. The fourth-order valence-electron chi connectivity index (χ4n) is 2.12. The Bertz CT molecular complexity index is 850. The first-order chi connectivity index (χ1) is 9.54. The number of hydrogen-bond acceptors (Lipinski definition) is 4. The molecule has 0 saturated carbocycles. The fraction of sp³-hybridized carbons (Fsp3) is 0. The van der Waals surface area contributed by atoms with E-state index in [0.29, 0.717) is 11.1 Å². The Morgan fingerprint density at radius 2 is 1.70 bits per heavy atom. The highest BCUT2D eigenvalue weighted by atomic mass is 19.1. The van der Waals surface area contributed by atoms with Crippen LogP contribution in [0, 0.1) is 5.82 Å². The van der Waals surface area contributed by atoms with Gasteiger partial charge in [0, 0.05) is 23.8 Å². The summed E-state index contributed by atoms with van der Waals surface area (Å²) >= 11 is 0. The van der Waals surface area contributed by atoms with Crippen LogP contribution < -0.4 is 5.63 Å². The van der Waals surface area contributed by atoms with Crippen LogP contribution in [0.4, 0.5) is 4.39 Å². The van der Waals surface area contributed by atoms with E-state index in [1.54, 1.807) is 0 Å². The van der Waals surface area contributed by atoms with Gasteiger partial charge in [-0.3, -0.25) is 0 Å². The summed E-state index contributed by atoms with van der Waals surface area (Å²) in [7, 11) is 0. The van der Waals surface area contributed by atoms with E-state index in [4.69, 9.17) is 4.42 Å². The molecule has 0 fully saturated rings. The largest absolute Gasteiger partial charge is 0.508 e. The SMILES string of the molecule is O=c1cc(-c2ccc(F)cc2)c2c(O)cc(O)cc2o1. The highest BCUT2D eigenvalue weighted by molar-refractivity contribution is 5.98. The van der Waals surface area contributed by atoms with Crippen LogP contribution in [0.1, 0.15) is 0 Å².